The van der Waals surface area contributed by atoms with Crippen molar-refractivity contribution in [1.82, 2.24) is 0 Å². The zero-order valence-electron chi connectivity index (χ0n) is 9.56. The highest BCUT2D eigenvalue weighted by atomic mass is 35.5. The molecule has 1 N–H and O–H groups in total. The van der Waals surface area contributed by atoms with Crippen LogP contribution < -0.4 is 4.72 Å². The fourth-order valence-electron chi connectivity index (χ4n) is 1.94. The molecule has 0 fully saturated rings. The Morgan fingerprint density at radius 2 is 1.94 bits per heavy atom. The Balaban J connectivity index is 2.16. The maximum absolute atomic E-state index is 6.09. The van der Waals surface area contributed by atoms with E-state index in [2.05, 4.69) is 21.8 Å². The Hall–Kier alpha value is -1.45. The van der Waals surface area contributed by atoms with Gasteiger partial charge in [0, 0.05) is 16.1 Å². The van der Waals surface area contributed by atoms with E-state index < -0.39 is 0 Å². The van der Waals surface area contributed by atoms with Crippen LogP contribution >= 0.6 is 23.5 Å². The maximum atomic E-state index is 6.09. The average molecular weight is 275 g/mol. The third kappa shape index (κ3) is 2.24. The standard InChI is InChI=1S/C14H11ClN2S/c15-11-6-7-13-12(8-11)14(16-9-18-17-13)10-4-2-1-3-5-10/h1-8,17H,9H2. The number of anilines is 1. The average Bonchev–Trinajstić information content (AvgIpc) is 2.61. The minimum absolute atomic E-state index is 0.691. The van der Waals surface area contributed by atoms with Crippen LogP contribution in [-0.2, 0) is 0 Å². The molecule has 1 heterocycles. The summed E-state index contributed by atoms with van der Waals surface area (Å²) in [5, 5.41) is 0.728. The second kappa shape index (κ2) is 5.04. The Morgan fingerprint density at radius 3 is 2.78 bits per heavy atom. The molecular weight excluding hydrogens is 264 g/mol. The molecule has 0 atom stereocenters. The summed E-state index contributed by atoms with van der Waals surface area (Å²) in [4.78, 5) is 4.63. The molecule has 0 saturated carbocycles. The van der Waals surface area contributed by atoms with E-state index in [1.54, 1.807) is 11.9 Å². The summed E-state index contributed by atoms with van der Waals surface area (Å²) < 4.78 is 3.30. The number of fused-ring (bicyclic) bond motifs is 1. The summed E-state index contributed by atoms with van der Waals surface area (Å²) in [7, 11) is 0. The van der Waals surface area contributed by atoms with E-state index >= 15 is 0 Å². The van der Waals surface area contributed by atoms with Crippen LogP contribution in [0.3, 0.4) is 0 Å². The molecule has 18 heavy (non-hydrogen) atoms. The normalized spacial score (nSPS) is 14.2. The smallest absolute Gasteiger partial charge is 0.105 e. The highest BCUT2D eigenvalue weighted by molar-refractivity contribution is 8.00. The van der Waals surface area contributed by atoms with Gasteiger partial charge in [0.05, 0.1) is 11.4 Å². The first-order valence-electron chi connectivity index (χ1n) is 5.62. The Labute approximate surface area is 115 Å². The zero-order valence-corrected chi connectivity index (χ0v) is 11.1. The first-order chi connectivity index (χ1) is 8.84. The van der Waals surface area contributed by atoms with E-state index in [1.807, 2.05) is 36.4 Å². The second-order valence-corrected chi connectivity index (χ2v) is 5.13. The van der Waals surface area contributed by atoms with Crippen molar-refractivity contribution >= 4 is 34.9 Å². The summed E-state index contributed by atoms with van der Waals surface area (Å²) in [5.41, 5.74) is 4.22. The van der Waals surface area contributed by atoms with Crippen LogP contribution in [0.1, 0.15) is 11.1 Å². The van der Waals surface area contributed by atoms with Crippen LogP contribution in [0.4, 0.5) is 5.69 Å². The lowest BCUT2D eigenvalue weighted by molar-refractivity contribution is 1.37. The van der Waals surface area contributed by atoms with Gasteiger partial charge in [0.25, 0.3) is 0 Å². The lowest BCUT2D eigenvalue weighted by Crippen LogP contribution is -2.04. The van der Waals surface area contributed by atoms with Crippen LogP contribution in [0.15, 0.2) is 53.5 Å². The predicted molar refractivity (Wildman–Crippen MR) is 79.6 cm³/mol. The summed E-state index contributed by atoms with van der Waals surface area (Å²) in [6.45, 7) is 0. The van der Waals surface area contributed by atoms with Gasteiger partial charge in [-0.2, -0.15) is 0 Å². The van der Waals surface area contributed by atoms with Crippen molar-refractivity contribution < 1.29 is 0 Å². The minimum atomic E-state index is 0.691. The van der Waals surface area contributed by atoms with Crippen LogP contribution in [0, 0.1) is 0 Å². The quantitative estimate of drug-likeness (QED) is 0.788. The molecule has 2 aromatic carbocycles. The van der Waals surface area contributed by atoms with E-state index in [1.165, 1.54) is 0 Å². The van der Waals surface area contributed by atoms with Crippen molar-refractivity contribution in [3.8, 4) is 0 Å². The molecule has 3 rings (SSSR count). The molecule has 0 aromatic heterocycles. The number of hydrogen-bond acceptors (Lipinski definition) is 3. The molecule has 90 valence electrons. The minimum Gasteiger partial charge on any atom is -0.328 e. The largest absolute Gasteiger partial charge is 0.328 e. The highest BCUT2D eigenvalue weighted by Gasteiger charge is 2.14. The van der Waals surface area contributed by atoms with Crippen molar-refractivity contribution in [2.75, 3.05) is 10.6 Å². The van der Waals surface area contributed by atoms with Crippen LogP contribution in [0.2, 0.25) is 5.02 Å². The Bertz CT molecular complexity index is 596. The van der Waals surface area contributed by atoms with Gasteiger partial charge < -0.3 is 4.72 Å². The van der Waals surface area contributed by atoms with Crippen molar-refractivity contribution in [2.45, 2.75) is 0 Å². The number of halogens is 1. The molecule has 2 aromatic rings. The molecule has 0 aliphatic carbocycles. The lowest BCUT2D eigenvalue weighted by Gasteiger charge is -2.10. The van der Waals surface area contributed by atoms with Gasteiger partial charge in [-0.1, -0.05) is 41.9 Å². The van der Waals surface area contributed by atoms with E-state index in [4.69, 9.17) is 11.6 Å². The van der Waals surface area contributed by atoms with Crippen molar-refractivity contribution in [3.05, 3.63) is 64.7 Å². The summed E-state index contributed by atoms with van der Waals surface area (Å²) >= 11 is 7.68. The van der Waals surface area contributed by atoms with Gasteiger partial charge in [-0.3, -0.25) is 4.99 Å². The molecule has 0 saturated heterocycles. The van der Waals surface area contributed by atoms with Gasteiger partial charge in [-0.05, 0) is 30.1 Å². The molecular formula is C14H11ClN2S. The predicted octanol–water partition coefficient (Wildman–Crippen LogP) is 4.21. The molecule has 2 nitrogen and oxygen atoms in total. The van der Waals surface area contributed by atoms with E-state index in [9.17, 15) is 0 Å². The number of rotatable bonds is 1. The highest BCUT2D eigenvalue weighted by Crippen LogP contribution is 2.28. The first kappa shape index (κ1) is 11.6. The van der Waals surface area contributed by atoms with Gasteiger partial charge in [-0.15, -0.1) is 0 Å². The van der Waals surface area contributed by atoms with E-state index in [0.717, 1.165) is 27.5 Å². The van der Waals surface area contributed by atoms with Crippen molar-refractivity contribution in [1.29, 1.82) is 0 Å². The fraction of sp³-hybridized carbons (Fsp3) is 0.0714. The van der Waals surface area contributed by atoms with E-state index in [-0.39, 0.29) is 0 Å². The molecule has 1 aliphatic rings. The lowest BCUT2D eigenvalue weighted by atomic mass is 10.0. The van der Waals surface area contributed by atoms with E-state index in [0.29, 0.717) is 5.88 Å². The maximum Gasteiger partial charge on any atom is 0.105 e. The second-order valence-electron chi connectivity index (χ2n) is 3.94. The molecule has 0 bridgehead atoms. The third-order valence-corrected chi connectivity index (χ3v) is 3.61. The summed E-state index contributed by atoms with van der Waals surface area (Å²) in [6.07, 6.45) is 0. The number of aliphatic imine (C=N–C) groups is 1. The van der Waals surface area contributed by atoms with Crippen molar-refractivity contribution in [2.24, 2.45) is 4.99 Å². The van der Waals surface area contributed by atoms with Crippen LogP contribution in [0.25, 0.3) is 0 Å². The number of nitrogens with zero attached hydrogens (tertiary/aromatic N) is 1. The number of benzene rings is 2. The van der Waals surface area contributed by atoms with Gasteiger partial charge in [0.15, 0.2) is 0 Å². The SMILES string of the molecule is Clc1ccc2c(c1)C(c1ccccc1)=NCSN2. The summed E-state index contributed by atoms with van der Waals surface area (Å²) in [5.74, 6) is 0.691. The Morgan fingerprint density at radius 1 is 1.11 bits per heavy atom. The molecule has 0 radical (unpaired) electrons. The molecule has 4 heteroatoms. The molecule has 1 aliphatic heterocycles. The van der Waals surface area contributed by atoms with Gasteiger partial charge in [0.2, 0.25) is 0 Å². The van der Waals surface area contributed by atoms with Gasteiger partial charge in [-0.25, -0.2) is 0 Å². The molecule has 0 spiro atoms. The third-order valence-electron chi connectivity index (χ3n) is 2.75. The fourth-order valence-corrected chi connectivity index (χ4v) is 2.70. The Kier molecular flexibility index (Phi) is 3.26. The van der Waals surface area contributed by atoms with Crippen LogP contribution in [-0.4, -0.2) is 11.6 Å². The zero-order chi connectivity index (χ0) is 12.4. The first-order valence-corrected chi connectivity index (χ1v) is 6.98. The topological polar surface area (TPSA) is 24.4 Å². The van der Waals surface area contributed by atoms with Crippen molar-refractivity contribution in [3.63, 3.8) is 0 Å². The van der Waals surface area contributed by atoms with Gasteiger partial charge in [0.1, 0.15) is 5.88 Å². The summed E-state index contributed by atoms with van der Waals surface area (Å²) in [6, 6.07) is 16.0. The molecule has 0 amide bonds. The molecule has 0 unspecified atom stereocenters. The van der Waals surface area contributed by atoms with Crippen LogP contribution in [0.5, 0.6) is 0 Å². The number of hydrogen-bond donors (Lipinski definition) is 1. The van der Waals surface area contributed by atoms with Gasteiger partial charge >= 0.3 is 0 Å². The number of nitrogens with one attached hydrogen (secondary N) is 1. The monoisotopic (exact) mass is 274 g/mol.